The van der Waals surface area contributed by atoms with Gasteiger partial charge in [0.2, 0.25) is 0 Å². The van der Waals surface area contributed by atoms with Crippen LogP contribution in [0.1, 0.15) is 20.7 Å². The number of benzene rings is 1. The van der Waals surface area contributed by atoms with Crippen molar-refractivity contribution < 1.29 is 52.1 Å². The summed E-state index contributed by atoms with van der Waals surface area (Å²) in [5.74, 6) is 0. The number of hydrogen-bond donors (Lipinski definition) is 1. The summed E-state index contributed by atoms with van der Waals surface area (Å²) >= 11 is 0. The van der Waals surface area contributed by atoms with E-state index in [-0.39, 0.29) is 53.3 Å². The van der Waals surface area contributed by atoms with Gasteiger partial charge in [-0.1, -0.05) is 5.56 Å². The van der Waals surface area contributed by atoms with Gasteiger partial charge in [0.15, 0.2) is 0 Å². The van der Waals surface area contributed by atoms with Gasteiger partial charge in [-0.2, -0.15) is 0 Å². The summed E-state index contributed by atoms with van der Waals surface area (Å²) in [5.41, 5.74) is -0.634. The van der Waals surface area contributed by atoms with E-state index in [1.165, 1.54) is 6.07 Å². The average Bonchev–Trinajstić information content (AvgIpc) is 2.15. The molecule has 1 N–H and O–H groups in total. The minimum atomic E-state index is -4.58. The molecule has 0 heterocycles. The van der Waals surface area contributed by atoms with Crippen molar-refractivity contribution in [3.63, 3.8) is 0 Å². The molecule has 7 heteroatoms. The van der Waals surface area contributed by atoms with Gasteiger partial charge in [0.1, 0.15) is 6.29 Å². The summed E-state index contributed by atoms with van der Waals surface area (Å²) in [4.78, 5) is 20.2. The molecule has 1 aromatic carbocycles. The monoisotopic (exact) mass is 236 g/mol. The van der Waals surface area contributed by atoms with E-state index in [0.717, 1.165) is 6.07 Å². The second kappa shape index (κ2) is 5.53. The SMILES string of the molecule is O=Cc1[c-]ccc(C=O)c1S(=O)(=O)O.[Na+]. The van der Waals surface area contributed by atoms with Crippen molar-refractivity contribution in [1.82, 2.24) is 0 Å². The van der Waals surface area contributed by atoms with Crippen LogP contribution in [-0.2, 0) is 10.1 Å². The third-order valence-corrected chi connectivity index (χ3v) is 2.48. The molecule has 0 bridgehead atoms. The Bertz CT molecular complexity index is 454. The summed E-state index contributed by atoms with van der Waals surface area (Å²) < 4.78 is 30.4. The first-order chi connectivity index (χ1) is 6.50. The first-order valence-electron chi connectivity index (χ1n) is 3.43. The molecule has 0 aliphatic carbocycles. The third kappa shape index (κ3) is 3.22. The van der Waals surface area contributed by atoms with E-state index in [0.29, 0.717) is 0 Å². The predicted molar refractivity (Wildman–Crippen MR) is 45.9 cm³/mol. The number of aldehydes is 2. The first kappa shape index (κ1) is 14.5. The van der Waals surface area contributed by atoms with Gasteiger partial charge in [0.05, 0.1) is 6.29 Å². The molecule has 15 heavy (non-hydrogen) atoms. The van der Waals surface area contributed by atoms with Crippen LogP contribution in [-0.4, -0.2) is 25.5 Å². The molecule has 0 amide bonds. The van der Waals surface area contributed by atoms with Gasteiger partial charge in [-0.15, -0.1) is 18.2 Å². The Morgan fingerprint density at radius 1 is 1.27 bits per heavy atom. The van der Waals surface area contributed by atoms with Crippen molar-refractivity contribution in [1.29, 1.82) is 0 Å². The fraction of sp³-hybridized carbons (Fsp3) is 0. The molecule has 1 rings (SSSR count). The molecule has 0 fully saturated rings. The molecule has 0 saturated heterocycles. The molecule has 0 unspecified atom stereocenters. The molecule has 5 nitrogen and oxygen atoms in total. The van der Waals surface area contributed by atoms with Gasteiger partial charge >= 0.3 is 29.6 Å². The van der Waals surface area contributed by atoms with Gasteiger partial charge in [-0.3, -0.25) is 9.35 Å². The molecule has 74 valence electrons. The van der Waals surface area contributed by atoms with E-state index >= 15 is 0 Å². The van der Waals surface area contributed by atoms with Crippen molar-refractivity contribution in [2.75, 3.05) is 0 Å². The van der Waals surface area contributed by atoms with Crippen LogP contribution in [0.2, 0.25) is 0 Å². The molecule has 0 atom stereocenters. The number of carbonyl (C=O) groups excluding carboxylic acids is 2. The molecular weight excluding hydrogens is 231 g/mol. The predicted octanol–water partition coefficient (Wildman–Crippen LogP) is -2.64. The molecule has 0 saturated carbocycles. The molecular formula is C8H5NaO5S. The summed E-state index contributed by atoms with van der Waals surface area (Å²) in [5, 5.41) is 0. The zero-order valence-corrected chi connectivity index (χ0v) is 10.6. The number of carbonyl (C=O) groups is 2. The number of rotatable bonds is 3. The van der Waals surface area contributed by atoms with Crippen molar-refractivity contribution in [2.45, 2.75) is 4.90 Å². The summed E-state index contributed by atoms with van der Waals surface area (Å²) in [6.07, 6.45) is 0.444. The number of hydrogen-bond acceptors (Lipinski definition) is 4. The maximum atomic E-state index is 10.8. The van der Waals surface area contributed by atoms with Crippen LogP contribution in [0.25, 0.3) is 0 Å². The second-order valence-corrected chi connectivity index (χ2v) is 3.74. The van der Waals surface area contributed by atoms with Crippen LogP contribution in [0.4, 0.5) is 0 Å². The van der Waals surface area contributed by atoms with E-state index in [9.17, 15) is 18.0 Å². The Labute approximate surface area is 109 Å². The maximum Gasteiger partial charge on any atom is 1.00 e. The van der Waals surface area contributed by atoms with Gasteiger partial charge in [-0.25, -0.2) is 8.42 Å². The van der Waals surface area contributed by atoms with Gasteiger partial charge in [0.25, 0.3) is 10.1 Å². The van der Waals surface area contributed by atoms with Gasteiger partial charge < -0.3 is 4.79 Å². The largest absolute Gasteiger partial charge is 1.00 e. The van der Waals surface area contributed by atoms with Gasteiger partial charge in [-0.05, 0) is 5.56 Å². The first-order valence-corrected chi connectivity index (χ1v) is 4.87. The summed E-state index contributed by atoms with van der Waals surface area (Å²) in [7, 11) is -4.58. The van der Waals surface area contributed by atoms with Crippen LogP contribution in [0.15, 0.2) is 17.0 Å². The van der Waals surface area contributed by atoms with Crippen molar-refractivity contribution in [2.24, 2.45) is 0 Å². The Morgan fingerprint density at radius 2 is 1.87 bits per heavy atom. The zero-order valence-electron chi connectivity index (χ0n) is 7.80. The Balaban J connectivity index is 0.00000196. The van der Waals surface area contributed by atoms with Crippen molar-refractivity contribution in [3.8, 4) is 0 Å². The van der Waals surface area contributed by atoms with E-state index in [1.54, 1.807) is 0 Å². The van der Waals surface area contributed by atoms with E-state index < -0.39 is 15.0 Å². The third-order valence-electron chi connectivity index (χ3n) is 1.51. The Kier molecular flexibility index (Phi) is 5.33. The fourth-order valence-electron chi connectivity index (χ4n) is 0.986. The van der Waals surface area contributed by atoms with Crippen LogP contribution < -0.4 is 29.6 Å². The minimum Gasteiger partial charge on any atom is -0.355 e. The molecule has 0 aliphatic rings. The van der Waals surface area contributed by atoms with Crippen molar-refractivity contribution >= 4 is 22.7 Å². The Hall–Kier alpha value is -0.530. The topological polar surface area (TPSA) is 88.5 Å². The van der Waals surface area contributed by atoms with Crippen LogP contribution in [0, 0.1) is 6.07 Å². The van der Waals surface area contributed by atoms with Gasteiger partial charge in [0, 0.05) is 4.90 Å². The molecule has 0 spiro atoms. The van der Waals surface area contributed by atoms with E-state index in [4.69, 9.17) is 4.55 Å². The van der Waals surface area contributed by atoms with Crippen molar-refractivity contribution in [3.05, 3.63) is 29.3 Å². The van der Waals surface area contributed by atoms with E-state index in [2.05, 4.69) is 6.07 Å². The maximum absolute atomic E-state index is 10.8. The molecule has 0 aliphatic heterocycles. The quantitative estimate of drug-likeness (QED) is 0.268. The van der Waals surface area contributed by atoms with Crippen LogP contribution >= 0.6 is 0 Å². The van der Waals surface area contributed by atoms with Crippen LogP contribution in [0.3, 0.4) is 0 Å². The average molecular weight is 236 g/mol. The minimum absolute atomic E-state index is 0. The zero-order chi connectivity index (χ0) is 10.8. The standard InChI is InChI=1S/C8H5O5S.Na/c9-4-6-2-1-3-7(5-10)8(6)14(11,12)13;/h1-2,4-5H,(H,11,12,13);/q-1;+1. The smallest absolute Gasteiger partial charge is 0.355 e. The van der Waals surface area contributed by atoms with E-state index in [1.807, 2.05) is 0 Å². The molecule has 0 radical (unpaired) electrons. The Morgan fingerprint density at radius 3 is 2.27 bits per heavy atom. The normalized spacial score (nSPS) is 10.2. The summed E-state index contributed by atoms with van der Waals surface area (Å²) in [6.45, 7) is 0. The summed E-state index contributed by atoms with van der Waals surface area (Å²) in [6, 6.07) is 4.67. The fourth-order valence-corrected chi connectivity index (χ4v) is 1.79. The van der Waals surface area contributed by atoms with Crippen LogP contribution in [0.5, 0.6) is 0 Å². The molecule has 1 aromatic rings. The second-order valence-electron chi connectivity index (χ2n) is 2.39. The molecule has 0 aromatic heterocycles.